The van der Waals surface area contributed by atoms with Crippen LogP contribution in [0.25, 0.3) is 0 Å². The van der Waals surface area contributed by atoms with Gasteiger partial charge in [-0.25, -0.2) is 0 Å². The fourth-order valence-corrected chi connectivity index (χ4v) is 2.36. The second kappa shape index (κ2) is 8.00. The zero-order valence-corrected chi connectivity index (χ0v) is 13.6. The highest BCUT2D eigenvalue weighted by Gasteiger charge is 2.28. The number of carbonyl (C=O) groups is 2. The van der Waals surface area contributed by atoms with Crippen LogP contribution in [0.3, 0.4) is 0 Å². The molecule has 1 saturated heterocycles. The van der Waals surface area contributed by atoms with Crippen molar-refractivity contribution in [3.8, 4) is 5.75 Å². The van der Waals surface area contributed by atoms with Crippen LogP contribution in [-0.4, -0.2) is 48.5 Å². The Morgan fingerprint density at radius 1 is 1.32 bits per heavy atom. The predicted molar refractivity (Wildman–Crippen MR) is 86.3 cm³/mol. The molecule has 1 fully saturated rings. The van der Waals surface area contributed by atoms with Crippen LogP contribution in [0, 0.1) is 0 Å². The fourth-order valence-electron chi connectivity index (χ4n) is 2.36. The van der Waals surface area contributed by atoms with Gasteiger partial charge in [-0.1, -0.05) is 0 Å². The molecule has 2 amide bonds. The molecule has 0 aliphatic carbocycles. The molecule has 0 bridgehead atoms. The lowest BCUT2D eigenvalue weighted by molar-refractivity contribution is -0.119. The second-order valence-electron chi connectivity index (χ2n) is 5.26. The van der Waals surface area contributed by atoms with E-state index < -0.39 is 5.91 Å². The number of nitrogens with two attached hydrogens (primary N) is 1. The summed E-state index contributed by atoms with van der Waals surface area (Å²) in [4.78, 5) is 25.0. The van der Waals surface area contributed by atoms with E-state index in [0.717, 1.165) is 6.54 Å². The summed E-state index contributed by atoms with van der Waals surface area (Å²) in [5, 5.41) is 3.35. The number of ether oxygens (including phenoxy) is 1. The van der Waals surface area contributed by atoms with Gasteiger partial charge in [0.1, 0.15) is 5.75 Å². The molecule has 0 spiro atoms. The van der Waals surface area contributed by atoms with Crippen LogP contribution in [0.2, 0.25) is 0 Å². The average Bonchev–Trinajstić information content (AvgIpc) is 2.48. The Morgan fingerprint density at radius 3 is 2.55 bits per heavy atom. The lowest BCUT2D eigenvalue weighted by atomic mass is 10.1. The first-order chi connectivity index (χ1) is 9.99. The highest BCUT2D eigenvalue weighted by atomic mass is 35.5. The standard InChI is InChI=1S/C15H21N3O3.ClH/c1-10-11(2)18(8-7-17-10)15(20)12-3-5-13(6-4-12)21-9-14(16)19;/h3-6,10-11,17H,7-9H2,1-2H3,(H2,16,19);1H. The summed E-state index contributed by atoms with van der Waals surface area (Å²) in [6, 6.07) is 7.19. The number of piperazine rings is 1. The molecule has 0 radical (unpaired) electrons. The van der Waals surface area contributed by atoms with Crippen LogP contribution in [-0.2, 0) is 4.79 Å². The van der Waals surface area contributed by atoms with E-state index in [-0.39, 0.29) is 37.0 Å². The number of benzene rings is 1. The first-order valence-electron chi connectivity index (χ1n) is 7.04. The monoisotopic (exact) mass is 327 g/mol. The molecule has 1 aliphatic heterocycles. The van der Waals surface area contributed by atoms with E-state index in [2.05, 4.69) is 12.2 Å². The number of carbonyl (C=O) groups excluding carboxylic acids is 2. The van der Waals surface area contributed by atoms with Gasteiger partial charge in [-0.05, 0) is 38.1 Å². The van der Waals surface area contributed by atoms with Crippen molar-refractivity contribution in [2.24, 2.45) is 5.73 Å². The molecule has 1 aromatic carbocycles. The molecule has 6 nitrogen and oxygen atoms in total. The maximum atomic E-state index is 12.5. The molecule has 122 valence electrons. The van der Waals surface area contributed by atoms with E-state index in [1.165, 1.54) is 0 Å². The summed E-state index contributed by atoms with van der Waals surface area (Å²) in [6.07, 6.45) is 0. The van der Waals surface area contributed by atoms with E-state index >= 15 is 0 Å². The number of rotatable bonds is 4. The van der Waals surface area contributed by atoms with E-state index in [0.29, 0.717) is 17.9 Å². The number of amides is 2. The van der Waals surface area contributed by atoms with Crippen molar-refractivity contribution < 1.29 is 14.3 Å². The molecule has 7 heteroatoms. The summed E-state index contributed by atoms with van der Waals surface area (Å²) in [5.74, 6) is 0.00293. The Hall–Kier alpha value is -1.79. The second-order valence-corrected chi connectivity index (χ2v) is 5.26. The molecular formula is C15H22ClN3O3. The van der Waals surface area contributed by atoms with Gasteiger partial charge in [0.05, 0.1) is 0 Å². The topological polar surface area (TPSA) is 84.7 Å². The molecular weight excluding hydrogens is 306 g/mol. The molecule has 0 saturated carbocycles. The third-order valence-electron chi connectivity index (χ3n) is 3.78. The van der Waals surface area contributed by atoms with Crippen molar-refractivity contribution in [1.29, 1.82) is 0 Å². The Balaban J connectivity index is 0.00000242. The largest absolute Gasteiger partial charge is 0.484 e. The minimum Gasteiger partial charge on any atom is -0.484 e. The van der Waals surface area contributed by atoms with Gasteiger partial charge < -0.3 is 20.7 Å². The Bertz CT molecular complexity index is 521. The van der Waals surface area contributed by atoms with Crippen molar-refractivity contribution in [2.45, 2.75) is 25.9 Å². The number of nitrogens with zero attached hydrogens (tertiary/aromatic N) is 1. The molecule has 1 aliphatic rings. The third-order valence-corrected chi connectivity index (χ3v) is 3.78. The van der Waals surface area contributed by atoms with Crippen molar-refractivity contribution in [3.63, 3.8) is 0 Å². The lowest BCUT2D eigenvalue weighted by Crippen LogP contribution is -2.57. The third kappa shape index (κ3) is 4.35. The highest BCUT2D eigenvalue weighted by Crippen LogP contribution is 2.17. The van der Waals surface area contributed by atoms with Crippen LogP contribution in [0.1, 0.15) is 24.2 Å². The summed E-state index contributed by atoms with van der Waals surface area (Å²) in [7, 11) is 0. The van der Waals surface area contributed by atoms with Crippen LogP contribution in [0.15, 0.2) is 24.3 Å². The van der Waals surface area contributed by atoms with E-state index in [1.807, 2.05) is 11.8 Å². The van der Waals surface area contributed by atoms with Crippen LogP contribution in [0.5, 0.6) is 5.75 Å². The first-order valence-corrected chi connectivity index (χ1v) is 7.04. The molecule has 22 heavy (non-hydrogen) atoms. The van der Waals surface area contributed by atoms with Gasteiger partial charge in [0.2, 0.25) is 0 Å². The smallest absolute Gasteiger partial charge is 0.255 e. The minimum absolute atomic E-state index is 0. The van der Waals surface area contributed by atoms with Gasteiger partial charge in [0.15, 0.2) is 6.61 Å². The number of halogens is 1. The molecule has 3 N–H and O–H groups in total. The van der Waals surface area contributed by atoms with Crippen LogP contribution in [0.4, 0.5) is 0 Å². The summed E-state index contributed by atoms with van der Waals surface area (Å²) >= 11 is 0. The molecule has 0 aromatic heterocycles. The van der Waals surface area contributed by atoms with E-state index in [9.17, 15) is 9.59 Å². The predicted octanol–water partition coefficient (Wildman–Crippen LogP) is 0.795. The van der Waals surface area contributed by atoms with E-state index in [1.54, 1.807) is 24.3 Å². The Kier molecular flexibility index (Phi) is 6.64. The van der Waals surface area contributed by atoms with Gasteiger partial charge in [0.25, 0.3) is 11.8 Å². The molecule has 1 heterocycles. The molecule has 2 atom stereocenters. The normalized spacial score (nSPS) is 20.9. The number of nitrogens with one attached hydrogen (secondary N) is 1. The highest BCUT2D eigenvalue weighted by molar-refractivity contribution is 5.94. The maximum Gasteiger partial charge on any atom is 0.255 e. The van der Waals surface area contributed by atoms with Crippen molar-refractivity contribution in [2.75, 3.05) is 19.7 Å². The lowest BCUT2D eigenvalue weighted by Gasteiger charge is -2.38. The summed E-state index contributed by atoms with van der Waals surface area (Å²) in [5.41, 5.74) is 5.63. The van der Waals surface area contributed by atoms with Gasteiger partial charge in [0, 0.05) is 30.7 Å². The van der Waals surface area contributed by atoms with Crippen molar-refractivity contribution in [1.82, 2.24) is 10.2 Å². The summed E-state index contributed by atoms with van der Waals surface area (Å²) in [6.45, 7) is 5.45. The number of hydrogen-bond donors (Lipinski definition) is 2. The van der Waals surface area contributed by atoms with Crippen molar-refractivity contribution in [3.05, 3.63) is 29.8 Å². The number of hydrogen-bond acceptors (Lipinski definition) is 4. The van der Waals surface area contributed by atoms with Crippen LogP contribution >= 0.6 is 12.4 Å². The fraction of sp³-hybridized carbons (Fsp3) is 0.467. The van der Waals surface area contributed by atoms with Gasteiger partial charge in [-0.3, -0.25) is 9.59 Å². The molecule has 2 unspecified atom stereocenters. The van der Waals surface area contributed by atoms with Gasteiger partial charge in [-0.15, -0.1) is 12.4 Å². The Morgan fingerprint density at radius 2 is 1.95 bits per heavy atom. The SMILES string of the molecule is CC1NCCN(C(=O)c2ccc(OCC(N)=O)cc2)C1C.Cl. The number of primary amides is 1. The summed E-state index contributed by atoms with van der Waals surface area (Å²) < 4.78 is 5.18. The Labute approximate surface area is 136 Å². The quantitative estimate of drug-likeness (QED) is 0.856. The zero-order valence-electron chi connectivity index (χ0n) is 12.7. The van der Waals surface area contributed by atoms with Crippen LogP contribution < -0.4 is 15.8 Å². The van der Waals surface area contributed by atoms with Crippen molar-refractivity contribution >= 4 is 24.2 Å². The minimum atomic E-state index is -0.529. The van der Waals surface area contributed by atoms with E-state index in [4.69, 9.17) is 10.5 Å². The van der Waals surface area contributed by atoms with Gasteiger partial charge >= 0.3 is 0 Å². The molecule has 2 rings (SSSR count). The van der Waals surface area contributed by atoms with Gasteiger partial charge in [-0.2, -0.15) is 0 Å². The maximum absolute atomic E-state index is 12.5. The zero-order chi connectivity index (χ0) is 15.4. The average molecular weight is 328 g/mol. The molecule has 1 aromatic rings. The first kappa shape index (κ1) is 18.3.